The van der Waals surface area contributed by atoms with Gasteiger partial charge in [-0.25, -0.2) is 8.42 Å². The summed E-state index contributed by atoms with van der Waals surface area (Å²) < 4.78 is 26.0. The van der Waals surface area contributed by atoms with E-state index in [-0.39, 0.29) is 26.4 Å². The summed E-state index contributed by atoms with van der Waals surface area (Å²) in [5.74, 6) is -0.301. The zero-order valence-electron chi connectivity index (χ0n) is 8.68. The largest absolute Gasteiger partial charge is 0.505 e. The number of hydrogen-bond donors (Lipinski definition) is 3. The number of aromatic hydroxyl groups is 1. The van der Waals surface area contributed by atoms with Crippen molar-refractivity contribution < 1.29 is 13.5 Å². The van der Waals surface area contributed by atoms with Gasteiger partial charge in [-0.1, -0.05) is 23.2 Å². The number of phenols is 1. The number of halogens is 2. The first-order chi connectivity index (χ1) is 8.40. The number of H-pyrrole nitrogens is 1. The van der Waals surface area contributed by atoms with Crippen molar-refractivity contribution >= 4 is 38.9 Å². The maximum absolute atomic E-state index is 11.9. The van der Waals surface area contributed by atoms with E-state index in [1.807, 2.05) is 0 Å². The van der Waals surface area contributed by atoms with Gasteiger partial charge < -0.3 is 5.11 Å². The molecule has 6 nitrogen and oxygen atoms in total. The molecule has 1 aromatic heterocycles. The van der Waals surface area contributed by atoms with Crippen molar-refractivity contribution in [3.05, 3.63) is 34.6 Å². The van der Waals surface area contributed by atoms with Crippen molar-refractivity contribution in [2.75, 3.05) is 4.72 Å². The molecule has 0 aliphatic heterocycles. The van der Waals surface area contributed by atoms with E-state index in [9.17, 15) is 13.5 Å². The van der Waals surface area contributed by atoms with Crippen LogP contribution < -0.4 is 4.72 Å². The maximum Gasteiger partial charge on any atom is 0.265 e. The molecule has 3 N–H and O–H groups in total. The lowest BCUT2D eigenvalue weighted by atomic mass is 10.3. The monoisotopic (exact) mass is 307 g/mol. The molecule has 0 unspecified atom stereocenters. The van der Waals surface area contributed by atoms with Gasteiger partial charge >= 0.3 is 0 Å². The second kappa shape index (κ2) is 4.68. The molecule has 0 spiro atoms. The summed E-state index contributed by atoms with van der Waals surface area (Å²) in [6.07, 6.45) is 2.39. The predicted octanol–water partition coefficient (Wildman–Crippen LogP) is 2.22. The Morgan fingerprint density at radius 3 is 2.39 bits per heavy atom. The van der Waals surface area contributed by atoms with E-state index in [1.165, 1.54) is 18.3 Å². The van der Waals surface area contributed by atoms with Crippen LogP contribution in [0, 0.1) is 0 Å². The van der Waals surface area contributed by atoms with Gasteiger partial charge in [0.25, 0.3) is 10.0 Å². The summed E-state index contributed by atoms with van der Waals surface area (Å²) in [6, 6.07) is 2.50. The molecule has 0 saturated heterocycles. The van der Waals surface area contributed by atoms with Crippen LogP contribution in [0.5, 0.6) is 5.75 Å². The molecule has 1 heterocycles. The van der Waals surface area contributed by atoms with E-state index >= 15 is 0 Å². The van der Waals surface area contributed by atoms with Crippen LogP contribution in [0.25, 0.3) is 0 Å². The fourth-order valence-corrected chi connectivity index (χ4v) is 2.66. The highest BCUT2D eigenvalue weighted by Gasteiger charge is 2.16. The summed E-state index contributed by atoms with van der Waals surface area (Å²) >= 11 is 11.4. The predicted molar refractivity (Wildman–Crippen MR) is 67.5 cm³/mol. The second-order valence-electron chi connectivity index (χ2n) is 3.33. The molecule has 0 aliphatic rings. The molecule has 0 atom stereocenters. The summed E-state index contributed by atoms with van der Waals surface area (Å²) in [5.41, 5.74) is 0.143. The maximum atomic E-state index is 11.9. The molecular weight excluding hydrogens is 301 g/mol. The Hall–Kier alpha value is -1.44. The number of sulfonamides is 1. The molecule has 1 aromatic carbocycles. The van der Waals surface area contributed by atoms with Crippen molar-refractivity contribution in [3.63, 3.8) is 0 Å². The number of anilines is 1. The number of aromatic nitrogens is 2. The first kappa shape index (κ1) is 13.0. The van der Waals surface area contributed by atoms with Crippen molar-refractivity contribution in [2.24, 2.45) is 0 Å². The number of nitrogens with zero attached hydrogens (tertiary/aromatic N) is 1. The van der Waals surface area contributed by atoms with Gasteiger partial charge in [-0.2, -0.15) is 5.10 Å². The fraction of sp³-hybridized carbons (Fsp3) is 0. The van der Waals surface area contributed by atoms with Gasteiger partial charge in [0.1, 0.15) is 4.90 Å². The highest BCUT2D eigenvalue weighted by Crippen LogP contribution is 2.35. The molecule has 9 heteroatoms. The van der Waals surface area contributed by atoms with Crippen LogP contribution in [-0.2, 0) is 10.0 Å². The molecule has 96 valence electrons. The van der Waals surface area contributed by atoms with Crippen LogP contribution in [0.1, 0.15) is 0 Å². The van der Waals surface area contributed by atoms with E-state index in [1.54, 1.807) is 0 Å². The molecule has 0 aliphatic carbocycles. The Balaban J connectivity index is 2.36. The number of nitrogens with one attached hydrogen (secondary N) is 2. The Bertz CT molecular complexity index is 647. The van der Waals surface area contributed by atoms with Crippen molar-refractivity contribution in [1.29, 1.82) is 0 Å². The minimum Gasteiger partial charge on any atom is -0.505 e. The molecule has 2 rings (SSSR count). The van der Waals surface area contributed by atoms with Crippen molar-refractivity contribution in [2.45, 2.75) is 4.90 Å². The van der Waals surface area contributed by atoms with Gasteiger partial charge in [-0.3, -0.25) is 9.82 Å². The molecular formula is C9H7Cl2N3O3S. The first-order valence-electron chi connectivity index (χ1n) is 4.60. The molecule has 0 fully saturated rings. The second-order valence-corrected chi connectivity index (χ2v) is 5.82. The van der Waals surface area contributed by atoms with Crippen LogP contribution in [0.2, 0.25) is 10.0 Å². The van der Waals surface area contributed by atoms with E-state index in [0.717, 1.165) is 6.20 Å². The van der Waals surface area contributed by atoms with E-state index < -0.39 is 10.0 Å². The third kappa shape index (κ3) is 2.53. The summed E-state index contributed by atoms with van der Waals surface area (Å²) in [6.45, 7) is 0. The summed E-state index contributed by atoms with van der Waals surface area (Å²) in [4.78, 5) is -0.0252. The van der Waals surface area contributed by atoms with Gasteiger partial charge in [0.15, 0.2) is 5.75 Å². The lowest BCUT2D eigenvalue weighted by Crippen LogP contribution is -2.12. The van der Waals surface area contributed by atoms with Gasteiger partial charge in [0.2, 0.25) is 0 Å². The molecule has 0 amide bonds. The van der Waals surface area contributed by atoms with Gasteiger partial charge in [-0.15, -0.1) is 0 Å². The number of aromatic amines is 1. The topological polar surface area (TPSA) is 95.1 Å². The lowest BCUT2D eigenvalue weighted by Gasteiger charge is -2.08. The van der Waals surface area contributed by atoms with Crippen LogP contribution in [0.3, 0.4) is 0 Å². The fourth-order valence-electron chi connectivity index (χ4n) is 1.22. The summed E-state index contributed by atoms with van der Waals surface area (Å²) in [7, 11) is -3.76. The number of hydrogen-bond acceptors (Lipinski definition) is 4. The number of phenolic OH excluding ortho intramolecular Hbond substituents is 1. The zero-order valence-corrected chi connectivity index (χ0v) is 11.0. The Kier molecular flexibility index (Phi) is 3.38. The lowest BCUT2D eigenvalue weighted by molar-refractivity contribution is 0.476. The molecule has 0 bridgehead atoms. The zero-order chi connectivity index (χ0) is 13.3. The molecule has 0 saturated carbocycles. The van der Waals surface area contributed by atoms with Gasteiger partial charge in [0.05, 0.1) is 21.9 Å². The van der Waals surface area contributed by atoms with Crippen LogP contribution in [0.4, 0.5) is 5.69 Å². The molecule has 18 heavy (non-hydrogen) atoms. The van der Waals surface area contributed by atoms with E-state index in [4.69, 9.17) is 23.2 Å². The van der Waals surface area contributed by atoms with Crippen molar-refractivity contribution in [1.82, 2.24) is 10.2 Å². The minimum absolute atomic E-state index is 0.0252. The Morgan fingerprint density at radius 2 is 1.89 bits per heavy atom. The molecule has 0 radical (unpaired) electrons. The number of rotatable bonds is 3. The third-order valence-electron chi connectivity index (χ3n) is 2.05. The minimum atomic E-state index is -3.76. The standard InChI is InChI=1S/C9H7Cl2N3O3S/c10-7-1-5(2-8(11)9(7)15)14-18(16,17)6-3-12-13-4-6/h1-4,14-15H,(H,12,13). The summed E-state index contributed by atoms with van der Waals surface area (Å²) in [5, 5.41) is 15.2. The normalized spacial score (nSPS) is 11.4. The molecule has 2 aromatic rings. The van der Waals surface area contributed by atoms with Crippen molar-refractivity contribution in [3.8, 4) is 5.75 Å². The SMILES string of the molecule is O=S(=O)(Nc1cc(Cl)c(O)c(Cl)c1)c1cn[nH]c1. The van der Waals surface area contributed by atoms with Crippen LogP contribution in [-0.4, -0.2) is 23.7 Å². The average molecular weight is 308 g/mol. The average Bonchev–Trinajstić information content (AvgIpc) is 2.79. The van der Waals surface area contributed by atoms with Gasteiger partial charge in [0, 0.05) is 6.20 Å². The third-order valence-corrected chi connectivity index (χ3v) is 3.98. The van der Waals surface area contributed by atoms with Crippen LogP contribution >= 0.6 is 23.2 Å². The highest BCUT2D eigenvalue weighted by atomic mass is 35.5. The Morgan fingerprint density at radius 1 is 1.28 bits per heavy atom. The smallest absolute Gasteiger partial charge is 0.265 e. The van der Waals surface area contributed by atoms with Crippen LogP contribution in [0.15, 0.2) is 29.4 Å². The van der Waals surface area contributed by atoms with Gasteiger partial charge in [-0.05, 0) is 12.1 Å². The Labute approximate surface area is 113 Å². The highest BCUT2D eigenvalue weighted by molar-refractivity contribution is 7.92. The number of benzene rings is 1. The van der Waals surface area contributed by atoms with E-state index in [0.29, 0.717) is 0 Å². The quantitative estimate of drug-likeness (QED) is 0.758. The van der Waals surface area contributed by atoms with E-state index in [2.05, 4.69) is 14.9 Å². The first-order valence-corrected chi connectivity index (χ1v) is 6.83.